The third-order valence-electron chi connectivity index (χ3n) is 4.41. The number of carbonyl (C=O) groups is 1. The van der Waals surface area contributed by atoms with Crippen LogP contribution in [0.4, 0.5) is 29.5 Å². The van der Waals surface area contributed by atoms with Crippen LogP contribution in [0.2, 0.25) is 5.02 Å². The molecule has 8 nitrogen and oxygen atoms in total. The summed E-state index contributed by atoms with van der Waals surface area (Å²) in [5.74, 6) is 0.569. The standard InChI is InChI=1S/C20H15ClF3N7O.ClH/c21-14-8-27-18(30-17(14)25)12-4-5-31-15(9-26-16(31)7-12)11-2-1-3-13(6-11)29-19(32)28-10-20(22,23)24;/h1-9H,10H2,(H2,25,27,30)(H2,28,29,32);1H. The van der Waals surface area contributed by atoms with Gasteiger partial charge in [-0.1, -0.05) is 23.7 Å². The number of nitrogens with one attached hydrogen (secondary N) is 2. The lowest BCUT2D eigenvalue weighted by Crippen LogP contribution is -2.36. The molecule has 0 saturated heterocycles. The summed E-state index contributed by atoms with van der Waals surface area (Å²) in [6.45, 7) is -1.42. The molecule has 0 fully saturated rings. The smallest absolute Gasteiger partial charge is 0.382 e. The Hall–Kier alpha value is -3.57. The van der Waals surface area contributed by atoms with E-state index in [1.54, 1.807) is 54.1 Å². The van der Waals surface area contributed by atoms with E-state index in [1.807, 2.05) is 4.40 Å². The van der Waals surface area contributed by atoms with Crippen molar-refractivity contribution < 1.29 is 18.0 Å². The number of nitrogen functional groups attached to an aromatic ring is 1. The van der Waals surface area contributed by atoms with Gasteiger partial charge in [0.2, 0.25) is 0 Å². The van der Waals surface area contributed by atoms with Gasteiger partial charge in [-0.15, -0.1) is 12.4 Å². The van der Waals surface area contributed by atoms with Gasteiger partial charge in [-0.3, -0.25) is 4.40 Å². The SMILES string of the molecule is Cl.Nc1nc(-c2ccn3c(-c4cccc(NC(=O)NCC(F)(F)F)c4)cnc3c2)ncc1Cl. The number of benzene rings is 1. The van der Waals surface area contributed by atoms with Gasteiger partial charge < -0.3 is 16.4 Å². The van der Waals surface area contributed by atoms with E-state index in [4.69, 9.17) is 17.3 Å². The monoisotopic (exact) mass is 497 g/mol. The second kappa shape index (κ2) is 9.51. The van der Waals surface area contributed by atoms with Gasteiger partial charge in [0.1, 0.15) is 23.0 Å². The van der Waals surface area contributed by atoms with Crippen LogP contribution in [-0.2, 0) is 0 Å². The molecule has 0 atom stereocenters. The molecule has 172 valence electrons. The number of alkyl halides is 3. The summed E-state index contributed by atoms with van der Waals surface area (Å²) in [5.41, 5.74) is 8.79. The van der Waals surface area contributed by atoms with Crippen LogP contribution in [0.1, 0.15) is 0 Å². The molecule has 4 rings (SSSR count). The van der Waals surface area contributed by atoms with Gasteiger partial charge in [-0.25, -0.2) is 19.7 Å². The fraction of sp³-hybridized carbons (Fsp3) is 0.100. The van der Waals surface area contributed by atoms with Gasteiger partial charge in [-0.2, -0.15) is 13.2 Å². The van der Waals surface area contributed by atoms with Gasteiger partial charge in [0, 0.05) is 23.0 Å². The Balaban J connectivity index is 0.00000306. The molecule has 2 amide bonds. The summed E-state index contributed by atoms with van der Waals surface area (Å²) >= 11 is 5.87. The van der Waals surface area contributed by atoms with E-state index in [-0.39, 0.29) is 23.2 Å². The van der Waals surface area contributed by atoms with E-state index in [9.17, 15) is 18.0 Å². The highest BCUT2D eigenvalue weighted by Gasteiger charge is 2.27. The van der Waals surface area contributed by atoms with Gasteiger partial charge in [-0.05, 0) is 24.3 Å². The Kier molecular flexibility index (Phi) is 6.94. The van der Waals surface area contributed by atoms with Crippen molar-refractivity contribution in [2.24, 2.45) is 0 Å². The number of aromatic nitrogens is 4. The number of carbonyl (C=O) groups excluding carboxylic acids is 1. The first-order valence-corrected chi connectivity index (χ1v) is 9.55. The fourth-order valence-corrected chi connectivity index (χ4v) is 3.06. The minimum absolute atomic E-state index is 0. The normalized spacial score (nSPS) is 11.2. The molecule has 3 heterocycles. The first-order chi connectivity index (χ1) is 15.2. The molecule has 0 spiro atoms. The van der Waals surface area contributed by atoms with Crippen LogP contribution in [0.5, 0.6) is 0 Å². The maximum Gasteiger partial charge on any atom is 0.405 e. The average Bonchev–Trinajstić information content (AvgIpc) is 3.17. The van der Waals surface area contributed by atoms with Crippen molar-refractivity contribution in [2.45, 2.75) is 6.18 Å². The van der Waals surface area contributed by atoms with Crippen LogP contribution in [-0.4, -0.2) is 38.1 Å². The molecule has 13 heteroatoms. The van der Waals surface area contributed by atoms with Crippen LogP contribution in [0, 0.1) is 0 Å². The van der Waals surface area contributed by atoms with Crippen LogP contribution in [0.25, 0.3) is 28.3 Å². The second-order valence-electron chi connectivity index (χ2n) is 6.72. The predicted octanol–water partition coefficient (Wildman–Crippen LogP) is 4.80. The van der Waals surface area contributed by atoms with Crippen molar-refractivity contribution in [3.05, 3.63) is 60.0 Å². The summed E-state index contributed by atoms with van der Waals surface area (Å²) in [7, 11) is 0. The minimum Gasteiger partial charge on any atom is -0.382 e. The van der Waals surface area contributed by atoms with Gasteiger partial charge in [0.05, 0.1) is 18.1 Å². The Morgan fingerprint density at radius 1 is 1.12 bits per heavy atom. The number of fused-ring (bicyclic) bond motifs is 1. The van der Waals surface area contributed by atoms with E-state index in [0.29, 0.717) is 34.0 Å². The number of hydrogen-bond acceptors (Lipinski definition) is 5. The second-order valence-corrected chi connectivity index (χ2v) is 7.12. The van der Waals surface area contributed by atoms with Crippen molar-refractivity contribution in [2.75, 3.05) is 17.6 Å². The first-order valence-electron chi connectivity index (χ1n) is 9.17. The van der Waals surface area contributed by atoms with Crippen molar-refractivity contribution in [1.82, 2.24) is 24.7 Å². The zero-order chi connectivity index (χ0) is 22.9. The van der Waals surface area contributed by atoms with E-state index < -0.39 is 18.8 Å². The Labute approximate surface area is 196 Å². The highest BCUT2D eigenvalue weighted by Crippen LogP contribution is 2.27. The van der Waals surface area contributed by atoms with Gasteiger partial charge in [0.25, 0.3) is 0 Å². The first kappa shape index (κ1) is 24.1. The molecule has 0 saturated carbocycles. The highest BCUT2D eigenvalue weighted by atomic mass is 35.5. The molecule has 0 radical (unpaired) electrons. The van der Waals surface area contributed by atoms with Gasteiger partial charge in [0.15, 0.2) is 5.82 Å². The average molecular weight is 498 g/mol. The molecule has 1 aromatic carbocycles. The number of imidazole rings is 1. The number of hydrogen-bond donors (Lipinski definition) is 3. The number of amides is 2. The topological polar surface area (TPSA) is 110 Å². The lowest BCUT2D eigenvalue weighted by atomic mass is 10.1. The van der Waals surface area contributed by atoms with E-state index in [2.05, 4.69) is 20.3 Å². The van der Waals surface area contributed by atoms with E-state index >= 15 is 0 Å². The molecule has 0 unspecified atom stereocenters. The largest absolute Gasteiger partial charge is 0.405 e. The van der Waals surface area contributed by atoms with E-state index in [1.165, 1.54) is 6.20 Å². The zero-order valence-corrected chi connectivity index (χ0v) is 18.2. The highest BCUT2D eigenvalue weighted by molar-refractivity contribution is 6.32. The third kappa shape index (κ3) is 5.62. The van der Waals surface area contributed by atoms with Crippen LogP contribution < -0.4 is 16.4 Å². The van der Waals surface area contributed by atoms with Crippen molar-refractivity contribution in [1.29, 1.82) is 0 Å². The molecular weight excluding hydrogens is 482 g/mol. The predicted molar refractivity (Wildman–Crippen MR) is 121 cm³/mol. The minimum atomic E-state index is -4.49. The summed E-state index contributed by atoms with van der Waals surface area (Å²) < 4.78 is 38.6. The molecule has 3 aromatic heterocycles. The lowest BCUT2D eigenvalue weighted by Gasteiger charge is -2.11. The molecule has 0 aliphatic carbocycles. The van der Waals surface area contributed by atoms with Crippen LogP contribution >= 0.6 is 24.0 Å². The number of nitrogens with two attached hydrogens (primary N) is 1. The van der Waals surface area contributed by atoms with Crippen LogP contribution in [0.3, 0.4) is 0 Å². The van der Waals surface area contributed by atoms with Crippen LogP contribution in [0.15, 0.2) is 55.0 Å². The maximum absolute atomic E-state index is 12.3. The molecule has 4 N–H and O–H groups in total. The number of anilines is 2. The van der Waals surface area contributed by atoms with E-state index in [0.717, 1.165) is 0 Å². The fourth-order valence-electron chi connectivity index (χ4n) is 2.96. The summed E-state index contributed by atoms with van der Waals surface area (Å²) in [5, 5.41) is 4.41. The Morgan fingerprint density at radius 3 is 2.64 bits per heavy atom. The number of halogens is 5. The molecule has 0 bridgehead atoms. The van der Waals surface area contributed by atoms with Crippen molar-refractivity contribution >= 4 is 47.2 Å². The van der Waals surface area contributed by atoms with Gasteiger partial charge >= 0.3 is 12.2 Å². The summed E-state index contributed by atoms with van der Waals surface area (Å²) in [6, 6.07) is 9.27. The maximum atomic E-state index is 12.3. The molecule has 0 aliphatic rings. The third-order valence-corrected chi connectivity index (χ3v) is 4.70. The molecule has 4 aromatic rings. The van der Waals surface area contributed by atoms with Crippen molar-refractivity contribution in [3.8, 4) is 22.6 Å². The molecule has 0 aliphatic heterocycles. The van der Waals surface area contributed by atoms with Crippen molar-refractivity contribution in [3.63, 3.8) is 0 Å². The Bertz CT molecular complexity index is 1310. The molecule has 33 heavy (non-hydrogen) atoms. The quantitative estimate of drug-likeness (QED) is 0.375. The zero-order valence-electron chi connectivity index (χ0n) is 16.6. The molecular formula is C20H16Cl2F3N7O. The summed E-state index contributed by atoms with van der Waals surface area (Å²) in [6.07, 6.45) is 0.345. The number of nitrogens with zero attached hydrogens (tertiary/aromatic N) is 4. The number of pyridine rings is 1. The lowest BCUT2D eigenvalue weighted by molar-refractivity contribution is -0.122. The number of rotatable bonds is 4. The number of urea groups is 1. The summed E-state index contributed by atoms with van der Waals surface area (Å²) in [4.78, 5) is 24.5. The Morgan fingerprint density at radius 2 is 1.91 bits per heavy atom.